The predicted molar refractivity (Wildman–Crippen MR) is 81.9 cm³/mol. The molecule has 0 saturated heterocycles. The van der Waals surface area contributed by atoms with Gasteiger partial charge in [-0.25, -0.2) is 4.98 Å². The van der Waals surface area contributed by atoms with Crippen LogP contribution in [0.15, 0.2) is 18.3 Å². The number of hydrogen-bond donors (Lipinski definition) is 1. The SMILES string of the molecule is CCC1CCCCC1Nc1ccc(C(=O)N(C)C)cn1. The Morgan fingerprint density at radius 2 is 2.10 bits per heavy atom. The summed E-state index contributed by atoms with van der Waals surface area (Å²) in [4.78, 5) is 17.8. The summed E-state index contributed by atoms with van der Waals surface area (Å²) in [6.07, 6.45) is 8.05. The number of nitrogens with zero attached hydrogens (tertiary/aromatic N) is 2. The summed E-state index contributed by atoms with van der Waals surface area (Å²) in [5.74, 6) is 1.62. The van der Waals surface area contributed by atoms with Gasteiger partial charge in [-0.2, -0.15) is 0 Å². The number of aromatic nitrogens is 1. The van der Waals surface area contributed by atoms with E-state index in [1.807, 2.05) is 12.1 Å². The number of pyridine rings is 1. The fourth-order valence-electron chi connectivity index (χ4n) is 2.94. The summed E-state index contributed by atoms with van der Waals surface area (Å²) in [5, 5.41) is 3.54. The average Bonchev–Trinajstić information content (AvgIpc) is 2.48. The van der Waals surface area contributed by atoms with Crippen LogP contribution < -0.4 is 5.32 Å². The van der Waals surface area contributed by atoms with Crippen molar-refractivity contribution >= 4 is 11.7 Å². The standard InChI is InChI=1S/C16H25N3O/c1-4-12-7-5-6-8-14(12)18-15-10-9-13(11-17-15)16(20)19(2)3/h9-12,14H,4-8H2,1-3H3,(H,17,18). The molecule has 1 aliphatic rings. The van der Waals surface area contributed by atoms with E-state index < -0.39 is 0 Å². The zero-order valence-corrected chi connectivity index (χ0v) is 12.7. The van der Waals surface area contributed by atoms with Crippen molar-refractivity contribution in [3.05, 3.63) is 23.9 Å². The molecule has 20 heavy (non-hydrogen) atoms. The van der Waals surface area contributed by atoms with E-state index >= 15 is 0 Å². The number of hydrogen-bond acceptors (Lipinski definition) is 3. The molecule has 1 aromatic rings. The number of nitrogens with one attached hydrogen (secondary N) is 1. The molecule has 0 radical (unpaired) electrons. The monoisotopic (exact) mass is 275 g/mol. The summed E-state index contributed by atoms with van der Waals surface area (Å²) in [6, 6.07) is 4.29. The van der Waals surface area contributed by atoms with Crippen molar-refractivity contribution in [2.24, 2.45) is 5.92 Å². The maximum absolute atomic E-state index is 11.8. The Kier molecular flexibility index (Phi) is 4.99. The molecular weight excluding hydrogens is 250 g/mol. The third-order valence-corrected chi connectivity index (χ3v) is 4.18. The zero-order valence-electron chi connectivity index (χ0n) is 12.7. The number of carbonyl (C=O) groups excluding carboxylic acids is 1. The van der Waals surface area contributed by atoms with Gasteiger partial charge in [0.2, 0.25) is 0 Å². The van der Waals surface area contributed by atoms with Crippen molar-refractivity contribution in [3.63, 3.8) is 0 Å². The van der Waals surface area contributed by atoms with E-state index in [1.165, 1.54) is 32.1 Å². The predicted octanol–water partition coefficient (Wildman–Crippen LogP) is 3.16. The van der Waals surface area contributed by atoms with Gasteiger partial charge in [-0.15, -0.1) is 0 Å². The fourth-order valence-corrected chi connectivity index (χ4v) is 2.94. The average molecular weight is 275 g/mol. The minimum atomic E-state index is -0.00634. The lowest BCUT2D eigenvalue weighted by atomic mass is 9.83. The molecular formula is C16H25N3O. The van der Waals surface area contributed by atoms with Crippen LogP contribution in [-0.4, -0.2) is 35.9 Å². The van der Waals surface area contributed by atoms with Gasteiger partial charge in [-0.1, -0.05) is 26.2 Å². The maximum Gasteiger partial charge on any atom is 0.254 e. The summed E-state index contributed by atoms with van der Waals surface area (Å²) in [6.45, 7) is 2.26. The Morgan fingerprint density at radius 1 is 1.35 bits per heavy atom. The number of anilines is 1. The number of rotatable bonds is 4. The highest BCUT2D eigenvalue weighted by molar-refractivity contribution is 5.93. The highest BCUT2D eigenvalue weighted by Gasteiger charge is 2.23. The molecule has 4 heteroatoms. The van der Waals surface area contributed by atoms with Crippen molar-refractivity contribution in [2.75, 3.05) is 19.4 Å². The first-order chi connectivity index (χ1) is 9.61. The third-order valence-electron chi connectivity index (χ3n) is 4.18. The van der Waals surface area contributed by atoms with E-state index in [2.05, 4.69) is 17.2 Å². The molecule has 1 N–H and O–H groups in total. The van der Waals surface area contributed by atoms with Gasteiger partial charge >= 0.3 is 0 Å². The Balaban J connectivity index is 2.01. The molecule has 1 heterocycles. The van der Waals surface area contributed by atoms with Crippen molar-refractivity contribution in [1.82, 2.24) is 9.88 Å². The second-order valence-corrected chi connectivity index (χ2v) is 5.84. The van der Waals surface area contributed by atoms with Gasteiger partial charge in [0.1, 0.15) is 5.82 Å². The van der Waals surface area contributed by atoms with Crippen LogP contribution in [0.5, 0.6) is 0 Å². The van der Waals surface area contributed by atoms with Gasteiger partial charge < -0.3 is 10.2 Å². The molecule has 1 amide bonds. The summed E-state index contributed by atoms with van der Waals surface area (Å²) >= 11 is 0. The topological polar surface area (TPSA) is 45.2 Å². The second kappa shape index (κ2) is 6.73. The van der Waals surface area contributed by atoms with Gasteiger partial charge in [0.25, 0.3) is 5.91 Å². The Hall–Kier alpha value is -1.58. The van der Waals surface area contributed by atoms with Gasteiger partial charge in [-0.3, -0.25) is 4.79 Å². The molecule has 1 saturated carbocycles. The number of carbonyl (C=O) groups is 1. The van der Waals surface area contributed by atoms with Crippen LogP contribution in [-0.2, 0) is 0 Å². The van der Waals surface area contributed by atoms with E-state index in [4.69, 9.17) is 0 Å². The molecule has 1 aliphatic carbocycles. The van der Waals surface area contributed by atoms with Crippen molar-refractivity contribution in [3.8, 4) is 0 Å². The fraction of sp³-hybridized carbons (Fsp3) is 0.625. The molecule has 110 valence electrons. The van der Waals surface area contributed by atoms with Crippen LogP contribution in [0, 0.1) is 5.92 Å². The summed E-state index contributed by atoms with van der Waals surface area (Å²) in [7, 11) is 3.50. The molecule has 2 rings (SSSR count). The number of amides is 1. The van der Waals surface area contributed by atoms with Crippen LogP contribution in [0.4, 0.5) is 5.82 Å². The summed E-state index contributed by atoms with van der Waals surface area (Å²) < 4.78 is 0. The van der Waals surface area contributed by atoms with E-state index in [0.717, 1.165) is 11.7 Å². The first kappa shape index (κ1) is 14.8. The van der Waals surface area contributed by atoms with Crippen molar-refractivity contribution in [2.45, 2.75) is 45.1 Å². The Labute approximate surface area is 121 Å². The molecule has 0 aromatic carbocycles. The van der Waals surface area contributed by atoms with Crippen LogP contribution >= 0.6 is 0 Å². The van der Waals surface area contributed by atoms with Gasteiger partial charge in [0.05, 0.1) is 5.56 Å². The van der Waals surface area contributed by atoms with Gasteiger partial charge in [0.15, 0.2) is 0 Å². The van der Waals surface area contributed by atoms with Crippen LogP contribution in [0.2, 0.25) is 0 Å². The normalized spacial score (nSPS) is 22.4. The molecule has 0 bridgehead atoms. The maximum atomic E-state index is 11.8. The molecule has 0 spiro atoms. The molecule has 1 aromatic heterocycles. The summed E-state index contributed by atoms with van der Waals surface area (Å²) in [5.41, 5.74) is 0.635. The largest absolute Gasteiger partial charge is 0.367 e. The van der Waals surface area contributed by atoms with Crippen LogP contribution in [0.3, 0.4) is 0 Å². The van der Waals surface area contributed by atoms with Crippen molar-refractivity contribution < 1.29 is 4.79 Å². The highest BCUT2D eigenvalue weighted by Crippen LogP contribution is 2.28. The van der Waals surface area contributed by atoms with Crippen molar-refractivity contribution in [1.29, 1.82) is 0 Å². The molecule has 2 unspecified atom stereocenters. The minimum Gasteiger partial charge on any atom is -0.367 e. The lowest BCUT2D eigenvalue weighted by molar-refractivity contribution is 0.0827. The second-order valence-electron chi connectivity index (χ2n) is 5.84. The highest BCUT2D eigenvalue weighted by atomic mass is 16.2. The third kappa shape index (κ3) is 3.50. The van der Waals surface area contributed by atoms with Crippen LogP contribution in [0.1, 0.15) is 49.4 Å². The van der Waals surface area contributed by atoms with E-state index in [-0.39, 0.29) is 5.91 Å². The zero-order chi connectivity index (χ0) is 14.5. The molecule has 0 aliphatic heterocycles. The van der Waals surface area contributed by atoms with E-state index in [9.17, 15) is 4.79 Å². The van der Waals surface area contributed by atoms with E-state index in [1.54, 1.807) is 25.2 Å². The quantitative estimate of drug-likeness (QED) is 0.918. The Bertz CT molecular complexity index is 442. The Morgan fingerprint density at radius 3 is 2.70 bits per heavy atom. The van der Waals surface area contributed by atoms with Crippen LogP contribution in [0.25, 0.3) is 0 Å². The first-order valence-electron chi connectivity index (χ1n) is 7.56. The van der Waals surface area contributed by atoms with E-state index in [0.29, 0.717) is 11.6 Å². The molecule has 2 atom stereocenters. The smallest absolute Gasteiger partial charge is 0.254 e. The molecule has 4 nitrogen and oxygen atoms in total. The van der Waals surface area contributed by atoms with Gasteiger partial charge in [-0.05, 0) is 30.9 Å². The lowest BCUT2D eigenvalue weighted by Gasteiger charge is -2.31. The van der Waals surface area contributed by atoms with Gasteiger partial charge in [0, 0.05) is 26.3 Å². The molecule has 1 fully saturated rings. The lowest BCUT2D eigenvalue weighted by Crippen LogP contribution is -2.32. The first-order valence-corrected chi connectivity index (χ1v) is 7.56. The minimum absolute atomic E-state index is 0.00634.